The Morgan fingerprint density at radius 2 is 0.587 bits per heavy atom. The van der Waals surface area contributed by atoms with Gasteiger partial charge in [-0.05, 0) is 210 Å². The van der Waals surface area contributed by atoms with Crippen LogP contribution in [0, 0.1) is 0 Å². The van der Waals surface area contributed by atoms with Crippen molar-refractivity contribution in [1.82, 2.24) is 4.57 Å². The summed E-state index contributed by atoms with van der Waals surface area (Å²) in [5.74, 6) is 0. The van der Waals surface area contributed by atoms with Gasteiger partial charge in [0.25, 0.3) is 6.71 Å². The third-order valence-corrected chi connectivity index (χ3v) is 26.6. The molecular weight excluding hydrogens is 1310 g/mol. The van der Waals surface area contributed by atoms with Gasteiger partial charge in [-0.2, -0.15) is 0 Å². The predicted octanol–water partition coefficient (Wildman–Crippen LogP) is 23.6. The summed E-state index contributed by atoms with van der Waals surface area (Å²) in [5.41, 5.74) is 45.8. The summed E-state index contributed by atoms with van der Waals surface area (Å²) in [7, 11) is 0. The second-order valence-corrected chi connectivity index (χ2v) is 31.1. The van der Waals surface area contributed by atoms with Gasteiger partial charge in [-0.3, -0.25) is 0 Å². The van der Waals surface area contributed by atoms with Crippen molar-refractivity contribution < 1.29 is 0 Å². The Hall–Kier alpha value is -13.8. The van der Waals surface area contributed by atoms with E-state index in [2.05, 4.69) is 390 Å². The molecule has 2 aliphatic heterocycles. The Balaban J connectivity index is 0.835. The molecule has 500 valence electrons. The van der Waals surface area contributed by atoms with Gasteiger partial charge >= 0.3 is 0 Å². The van der Waals surface area contributed by atoms with Crippen molar-refractivity contribution in [2.75, 3.05) is 9.80 Å². The van der Waals surface area contributed by atoms with Crippen LogP contribution in [0.1, 0.15) is 66.8 Å². The van der Waals surface area contributed by atoms with Gasteiger partial charge in [0.05, 0.1) is 38.7 Å². The zero-order chi connectivity index (χ0) is 70.7. The maximum absolute atomic E-state index is 2.74. The van der Waals surface area contributed by atoms with Crippen LogP contribution < -0.4 is 26.2 Å². The summed E-state index contributed by atoms with van der Waals surface area (Å²) < 4.78 is 2.57. The third kappa shape index (κ3) is 6.96. The molecule has 8 aliphatic rings. The number of hydrogen-bond donors (Lipinski definition) is 0. The van der Waals surface area contributed by atoms with Gasteiger partial charge in [-0.1, -0.05) is 322 Å². The van der Waals surface area contributed by atoms with Crippen LogP contribution in [0.15, 0.2) is 376 Å². The van der Waals surface area contributed by atoms with E-state index in [1.807, 2.05) is 0 Å². The minimum Gasteiger partial charge on any atom is -0.311 e. The first-order valence-corrected chi connectivity index (χ1v) is 38.4. The topological polar surface area (TPSA) is 11.4 Å². The molecule has 0 unspecified atom stereocenters. The lowest BCUT2D eigenvalue weighted by atomic mass is 9.33. The van der Waals surface area contributed by atoms with Crippen molar-refractivity contribution in [1.29, 1.82) is 0 Å². The van der Waals surface area contributed by atoms with Gasteiger partial charge in [0.2, 0.25) is 0 Å². The number of anilines is 6. The van der Waals surface area contributed by atoms with Crippen molar-refractivity contribution in [3.8, 4) is 83.6 Å². The molecule has 109 heavy (non-hydrogen) atoms. The Labute approximate surface area is 631 Å². The minimum absolute atomic E-state index is 0.279. The van der Waals surface area contributed by atoms with Gasteiger partial charge in [0.15, 0.2) is 0 Å². The van der Waals surface area contributed by atoms with Gasteiger partial charge < -0.3 is 14.4 Å². The zero-order valence-corrected chi connectivity index (χ0v) is 59.2. The molecule has 0 radical (unpaired) electrons. The van der Waals surface area contributed by atoms with Crippen molar-refractivity contribution in [2.45, 2.75) is 16.2 Å². The summed E-state index contributed by atoms with van der Waals surface area (Å²) >= 11 is 0. The largest absolute Gasteiger partial charge is 0.311 e. The van der Waals surface area contributed by atoms with Crippen LogP contribution in [0.25, 0.3) is 105 Å². The van der Waals surface area contributed by atoms with Crippen molar-refractivity contribution in [3.63, 3.8) is 0 Å². The number of hydrogen-bond acceptors (Lipinski definition) is 2. The van der Waals surface area contributed by atoms with E-state index in [0.717, 1.165) is 45.2 Å². The van der Waals surface area contributed by atoms with E-state index in [-0.39, 0.29) is 6.71 Å². The van der Waals surface area contributed by atoms with E-state index >= 15 is 0 Å². The average Bonchev–Trinajstić information content (AvgIpc) is 1.51. The highest BCUT2D eigenvalue weighted by atomic mass is 15.2. The summed E-state index contributed by atoms with van der Waals surface area (Å²) in [6, 6.07) is 146. The molecule has 0 bridgehead atoms. The molecule has 1 aromatic heterocycles. The Bertz CT molecular complexity index is 6960. The fourth-order valence-electron chi connectivity index (χ4n) is 22.8. The molecule has 0 saturated carbocycles. The standard InChI is InChI=1S/C105H62BN3/c1-2-27-63(28-3-1)64-53-56-96-92(57-64)106-93-62-91-79(74-36-11-22-47-87(74)105(91)84-44-19-8-33-71(84)72-34-9-20-45-85(72)105)61-98(93)107(65-54-55-75-73-35-10-21-46-86(73)104(90(75)58-65)82-42-17-6-31-69(82)70-32-7-18-43-83(70)104)99-59-66(108-94-50-24-13-37-76(94)77-38-14-25-51-95(77)108)60-100(102(99)106)109(96)97-52-26-49-89-101(97)78-39-12-23-48-88(78)103(89)80-40-15-4-29-67(80)68-30-5-16-41-81(68)103/h1-62H. The molecule has 0 N–H and O–H groups in total. The quantitative estimate of drug-likeness (QED) is 0.163. The van der Waals surface area contributed by atoms with Crippen molar-refractivity contribution in [3.05, 3.63) is 443 Å². The zero-order valence-electron chi connectivity index (χ0n) is 59.2. The van der Waals surface area contributed by atoms with Crippen LogP contribution in [0.2, 0.25) is 0 Å². The second-order valence-electron chi connectivity index (χ2n) is 31.1. The van der Waals surface area contributed by atoms with Gasteiger partial charge in [0, 0.05) is 44.8 Å². The first kappa shape index (κ1) is 58.5. The van der Waals surface area contributed by atoms with E-state index < -0.39 is 16.2 Å². The molecule has 3 spiro atoms. The molecule has 26 rings (SSSR count). The van der Waals surface area contributed by atoms with Gasteiger partial charge in [-0.15, -0.1) is 0 Å². The van der Waals surface area contributed by atoms with Gasteiger partial charge in [-0.25, -0.2) is 0 Å². The molecule has 0 atom stereocenters. The maximum Gasteiger partial charge on any atom is 0.252 e. The predicted molar refractivity (Wildman–Crippen MR) is 449 cm³/mol. The smallest absolute Gasteiger partial charge is 0.252 e. The van der Waals surface area contributed by atoms with Crippen LogP contribution in [0.3, 0.4) is 0 Å². The van der Waals surface area contributed by atoms with E-state index in [4.69, 9.17) is 0 Å². The molecule has 18 aromatic rings. The molecule has 0 saturated heterocycles. The number of benzene rings is 17. The lowest BCUT2D eigenvalue weighted by molar-refractivity contribution is 0.793. The van der Waals surface area contributed by atoms with Crippen LogP contribution in [-0.2, 0) is 16.2 Å². The molecule has 6 aliphatic carbocycles. The Kier molecular flexibility index (Phi) is 11.2. The third-order valence-electron chi connectivity index (χ3n) is 26.6. The SMILES string of the molecule is c1ccc(-c2ccc3c(c2)B2c4cc5c(cc4N(c4ccc6c(c4)C4(c7ccccc7-c7ccccc74)c4ccccc4-6)c4cc(-n6c7ccccc7c7ccccc76)cc(c42)N3c2cccc3c2-c2ccccc2C32c3ccccc3-c3ccccc32)-c2ccccc2C52c3ccccc3-c3ccccc32)cc1. The Morgan fingerprint density at radius 3 is 1.09 bits per heavy atom. The number of para-hydroxylation sites is 2. The summed E-state index contributed by atoms with van der Waals surface area (Å²) in [4.78, 5) is 5.48. The van der Waals surface area contributed by atoms with E-state index in [1.165, 1.54) is 177 Å². The van der Waals surface area contributed by atoms with Crippen LogP contribution in [0.4, 0.5) is 34.1 Å². The maximum atomic E-state index is 2.74. The molecule has 4 heteroatoms. The first-order chi connectivity index (χ1) is 54.1. The molecule has 3 heterocycles. The second kappa shape index (κ2) is 20.8. The highest BCUT2D eigenvalue weighted by Gasteiger charge is 2.57. The van der Waals surface area contributed by atoms with E-state index in [0.29, 0.717) is 0 Å². The van der Waals surface area contributed by atoms with Gasteiger partial charge in [0.1, 0.15) is 0 Å². The fraction of sp³-hybridized carbons (Fsp3) is 0.0286. The summed E-state index contributed by atoms with van der Waals surface area (Å²) in [5, 5.41) is 2.44. The number of aromatic nitrogens is 1. The van der Waals surface area contributed by atoms with Crippen molar-refractivity contribution >= 4 is 79.0 Å². The number of fused-ring (bicyclic) bond motifs is 37. The molecule has 0 fully saturated rings. The van der Waals surface area contributed by atoms with Crippen LogP contribution in [0.5, 0.6) is 0 Å². The van der Waals surface area contributed by atoms with E-state index in [9.17, 15) is 0 Å². The summed E-state index contributed by atoms with van der Waals surface area (Å²) in [6.07, 6.45) is 0. The molecule has 17 aromatic carbocycles. The minimum atomic E-state index is -0.613. The number of nitrogens with zero attached hydrogens (tertiary/aromatic N) is 3. The number of rotatable bonds is 4. The molecular formula is C105H62BN3. The lowest BCUT2D eigenvalue weighted by Gasteiger charge is -2.45. The van der Waals surface area contributed by atoms with Crippen LogP contribution in [-0.4, -0.2) is 11.3 Å². The molecule has 0 amide bonds. The van der Waals surface area contributed by atoms with Crippen molar-refractivity contribution in [2.24, 2.45) is 0 Å². The molecule has 3 nitrogen and oxygen atoms in total. The van der Waals surface area contributed by atoms with Crippen LogP contribution >= 0.6 is 0 Å². The Morgan fingerprint density at radius 1 is 0.202 bits per heavy atom. The monoisotopic (exact) mass is 1380 g/mol. The highest BCUT2D eigenvalue weighted by molar-refractivity contribution is 7.00. The van der Waals surface area contributed by atoms with E-state index in [1.54, 1.807) is 0 Å². The summed E-state index contributed by atoms with van der Waals surface area (Å²) in [6.45, 7) is -0.279. The average molecular weight is 1380 g/mol. The fourth-order valence-corrected chi connectivity index (χ4v) is 22.8. The normalized spacial score (nSPS) is 15.0. The first-order valence-electron chi connectivity index (χ1n) is 38.4. The highest BCUT2D eigenvalue weighted by Crippen LogP contribution is 2.68. The lowest BCUT2D eigenvalue weighted by Crippen LogP contribution is -2.61.